The molecule has 14 heavy (non-hydrogen) atoms. The van der Waals surface area contributed by atoms with Crippen LogP contribution in [0.5, 0.6) is 0 Å². The molecule has 84 valence electrons. The predicted octanol–water partition coefficient (Wildman–Crippen LogP) is 1.86. The molecule has 1 spiro atoms. The number of likely N-dealkylation sites (tertiary alicyclic amines) is 1. The van der Waals surface area contributed by atoms with Gasteiger partial charge in [-0.2, -0.15) is 0 Å². The fourth-order valence-electron chi connectivity index (χ4n) is 3.09. The summed E-state index contributed by atoms with van der Waals surface area (Å²) in [5.41, 5.74) is 0.668. The van der Waals surface area contributed by atoms with Crippen molar-refractivity contribution in [2.45, 2.75) is 33.1 Å². The zero-order chi connectivity index (χ0) is 10.7. The first-order valence-electron chi connectivity index (χ1n) is 6.15. The highest BCUT2D eigenvalue weighted by Crippen LogP contribution is 2.36. The average molecular weight is 199 g/mol. The topological polar surface area (TPSA) is 12.0 Å². The van der Waals surface area contributed by atoms with Gasteiger partial charge in [-0.3, -0.25) is 0 Å². The van der Waals surface area contributed by atoms with E-state index in [1.807, 2.05) is 13.8 Å². The van der Waals surface area contributed by atoms with Crippen LogP contribution in [0.1, 0.15) is 33.1 Å². The highest BCUT2D eigenvalue weighted by Gasteiger charge is 2.42. The molecule has 2 rings (SSSR count). The molecule has 2 aliphatic rings. The molecule has 0 amide bonds. The molecular weight excluding hydrogens is 172 g/mol. The van der Waals surface area contributed by atoms with Gasteiger partial charge in [0.25, 0.3) is 0 Å². The third-order valence-electron chi connectivity index (χ3n) is 3.57. The minimum absolute atomic E-state index is 0.668. The Balaban J connectivity index is 0.000000461. The highest BCUT2D eigenvalue weighted by atomic mass is 15.3. The van der Waals surface area contributed by atoms with Gasteiger partial charge in [0.15, 0.2) is 0 Å². The first kappa shape index (κ1) is 12.0. The van der Waals surface area contributed by atoms with Crippen LogP contribution in [0.15, 0.2) is 0 Å². The Hall–Kier alpha value is -0.0800. The van der Waals surface area contributed by atoms with Crippen molar-refractivity contribution in [3.8, 4) is 0 Å². The van der Waals surface area contributed by atoms with Crippen molar-refractivity contribution in [2.75, 3.05) is 40.3 Å². The van der Waals surface area contributed by atoms with Gasteiger partial charge in [-0.15, -0.1) is 0 Å². The Kier molecular flexibility index (Phi) is 3.96. The molecule has 2 heterocycles. The summed E-state index contributed by atoms with van der Waals surface area (Å²) in [6.07, 6.45) is 4.30. The van der Waals surface area contributed by atoms with E-state index in [0.29, 0.717) is 5.41 Å². The summed E-state index contributed by atoms with van der Waals surface area (Å²) in [4.78, 5) is 0. The Bertz CT molecular complexity index is 169. The third-order valence-corrected chi connectivity index (χ3v) is 3.57. The maximum atomic E-state index is 3.51. The summed E-state index contributed by atoms with van der Waals surface area (Å²) in [5, 5.41) is 3.51. The molecule has 2 nitrogen and oxygen atoms in total. The van der Waals surface area contributed by atoms with Crippen LogP contribution in [0.4, 0.5) is 0 Å². The van der Waals surface area contributed by atoms with Gasteiger partial charge >= 0.3 is 0 Å². The first-order chi connectivity index (χ1) is 6.62. The summed E-state index contributed by atoms with van der Waals surface area (Å²) in [5.74, 6) is 0. The summed E-state index contributed by atoms with van der Waals surface area (Å²) in [6.45, 7) is 9.29. The second kappa shape index (κ2) is 4.63. The molecule has 0 radical (unpaired) electrons. The van der Waals surface area contributed by atoms with Crippen LogP contribution in [-0.2, 0) is 0 Å². The molecule has 0 bridgehead atoms. The van der Waals surface area contributed by atoms with E-state index in [4.69, 9.17) is 0 Å². The Labute approximate surface area is 89.3 Å². The van der Waals surface area contributed by atoms with Crippen molar-refractivity contribution in [2.24, 2.45) is 5.41 Å². The Morgan fingerprint density at radius 3 is 2.36 bits per heavy atom. The second-order valence-electron chi connectivity index (χ2n) is 5.35. The monoisotopic (exact) mass is 199 g/mol. The molecule has 1 unspecified atom stereocenters. The molecule has 1 N–H and O–H groups in total. The van der Waals surface area contributed by atoms with Gasteiger partial charge in [-0.1, -0.05) is 13.8 Å². The van der Waals surface area contributed by atoms with E-state index >= 15 is 0 Å². The summed E-state index contributed by atoms with van der Waals surface area (Å²) < 4.78 is 1.24. The number of hydrogen-bond acceptors (Lipinski definition) is 1. The van der Waals surface area contributed by atoms with E-state index in [0.717, 1.165) is 0 Å². The SMILES string of the molecule is CC.C[N+]1(C)CCCC2(CCNC2)C1. The molecule has 2 saturated heterocycles. The van der Waals surface area contributed by atoms with Crippen LogP contribution in [0.3, 0.4) is 0 Å². The summed E-state index contributed by atoms with van der Waals surface area (Å²) in [7, 11) is 4.75. The van der Waals surface area contributed by atoms with E-state index in [1.165, 1.54) is 49.9 Å². The Morgan fingerprint density at radius 2 is 1.86 bits per heavy atom. The second-order valence-corrected chi connectivity index (χ2v) is 5.35. The number of quaternary nitrogens is 1. The summed E-state index contributed by atoms with van der Waals surface area (Å²) in [6, 6.07) is 0. The van der Waals surface area contributed by atoms with Gasteiger partial charge in [0.1, 0.15) is 0 Å². The lowest BCUT2D eigenvalue weighted by Gasteiger charge is -2.43. The van der Waals surface area contributed by atoms with Crippen LogP contribution in [0.25, 0.3) is 0 Å². The molecule has 1 atom stereocenters. The summed E-state index contributed by atoms with van der Waals surface area (Å²) >= 11 is 0. The molecule has 2 aliphatic heterocycles. The van der Waals surface area contributed by atoms with Crippen LogP contribution >= 0.6 is 0 Å². The van der Waals surface area contributed by atoms with Crippen LogP contribution in [0, 0.1) is 5.41 Å². The van der Waals surface area contributed by atoms with Crippen LogP contribution in [-0.4, -0.2) is 44.8 Å². The number of nitrogens with zero attached hydrogens (tertiary/aromatic N) is 1. The standard InChI is InChI=1S/C10H21N2.C2H6/c1-12(2)7-3-4-10(9-12)5-6-11-8-10;1-2/h11H,3-9H2,1-2H3;1-2H3/q+1;. The minimum Gasteiger partial charge on any atom is -0.328 e. The van der Waals surface area contributed by atoms with Gasteiger partial charge < -0.3 is 9.80 Å². The maximum absolute atomic E-state index is 3.51. The zero-order valence-corrected chi connectivity index (χ0v) is 10.4. The molecule has 0 aromatic rings. The largest absolute Gasteiger partial charge is 0.328 e. The highest BCUT2D eigenvalue weighted by molar-refractivity contribution is 4.89. The molecular formula is C12H27N2+. The number of piperidine rings is 1. The van der Waals surface area contributed by atoms with Crippen LogP contribution in [0.2, 0.25) is 0 Å². The number of rotatable bonds is 0. The quantitative estimate of drug-likeness (QED) is 0.587. The molecule has 0 aromatic heterocycles. The molecule has 2 fully saturated rings. The maximum Gasteiger partial charge on any atom is 0.0852 e. The molecule has 0 saturated carbocycles. The van der Waals surface area contributed by atoms with Crippen molar-refractivity contribution in [1.82, 2.24) is 5.32 Å². The van der Waals surface area contributed by atoms with Gasteiger partial charge in [0.05, 0.1) is 27.2 Å². The fourth-order valence-corrected chi connectivity index (χ4v) is 3.09. The van der Waals surface area contributed by atoms with Crippen LogP contribution < -0.4 is 5.32 Å². The van der Waals surface area contributed by atoms with Crippen molar-refractivity contribution in [1.29, 1.82) is 0 Å². The fraction of sp³-hybridized carbons (Fsp3) is 1.00. The third kappa shape index (κ3) is 2.71. The molecule has 0 aromatic carbocycles. The zero-order valence-electron chi connectivity index (χ0n) is 10.4. The van der Waals surface area contributed by atoms with E-state index in [2.05, 4.69) is 19.4 Å². The normalized spacial score (nSPS) is 35.1. The smallest absolute Gasteiger partial charge is 0.0852 e. The predicted molar refractivity (Wildman–Crippen MR) is 62.3 cm³/mol. The lowest BCUT2D eigenvalue weighted by Crippen LogP contribution is -2.53. The number of nitrogens with one attached hydrogen (secondary N) is 1. The van der Waals surface area contributed by atoms with Gasteiger partial charge in [0.2, 0.25) is 0 Å². The van der Waals surface area contributed by atoms with E-state index in [9.17, 15) is 0 Å². The minimum atomic E-state index is 0.668. The van der Waals surface area contributed by atoms with Gasteiger partial charge in [-0.05, 0) is 25.8 Å². The molecule has 2 heteroatoms. The first-order valence-corrected chi connectivity index (χ1v) is 6.15. The van der Waals surface area contributed by atoms with Crippen molar-refractivity contribution < 1.29 is 4.48 Å². The lowest BCUT2D eigenvalue weighted by atomic mass is 9.78. The van der Waals surface area contributed by atoms with Gasteiger partial charge in [0, 0.05) is 12.0 Å². The van der Waals surface area contributed by atoms with Crippen molar-refractivity contribution in [3.63, 3.8) is 0 Å². The van der Waals surface area contributed by atoms with Crippen molar-refractivity contribution in [3.05, 3.63) is 0 Å². The Morgan fingerprint density at radius 1 is 1.14 bits per heavy atom. The lowest BCUT2D eigenvalue weighted by molar-refractivity contribution is -0.902. The molecule has 0 aliphatic carbocycles. The van der Waals surface area contributed by atoms with Crippen molar-refractivity contribution >= 4 is 0 Å². The number of hydrogen-bond donors (Lipinski definition) is 1. The van der Waals surface area contributed by atoms with E-state index in [-0.39, 0.29) is 0 Å². The van der Waals surface area contributed by atoms with E-state index in [1.54, 1.807) is 0 Å². The van der Waals surface area contributed by atoms with Gasteiger partial charge in [-0.25, -0.2) is 0 Å². The average Bonchev–Trinajstić information content (AvgIpc) is 2.54. The van der Waals surface area contributed by atoms with E-state index < -0.39 is 0 Å².